The van der Waals surface area contributed by atoms with E-state index >= 15 is 0 Å². The molecular weight excluding hydrogens is 349 g/mol. The van der Waals surface area contributed by atoms with Gasteiger partial charge in [-0.15, -0.1) is 0 Å². The number of ether oxygens (including phenoxy) is 1. The van der Waals surface area contributed by atoms with E-state index < -0.39 is 50.2 Å². The van der Waals surface area contributed by atoms with Gasteiger partial charge in [0.05, 0.1) is 6.61 Å². The second-order valence-corrected chi connectivity index (χ2v) is 6.29. The van der Waals surface area contributed by atoms with Crippen molar-refractivity contribution in [2.45, 2.75) is 31.5 Å². The summed E-state index contributed by atoms with van der Waals surface area (Å²) in [6, 6.07) is 1.64. The van der Waals surface area contributed by atoms with Gasteiger partial charge in [0, 0.05) is 5.56 Å². The lowest BCUT2D eigenvalue weighted by molar-refractivity contribution is -0.0547. The number of aromatic amines is 1. The molecule has 2 heterocycles. The molecule has 1 aromatic heterocycles. The van der Waals surface area contributed by atoms with Crippen LogP contribution < -0.4 is 11.2 Å². The predicted octanol–water partition coefficient (Wildman–Crippen LogP) is -2.55. The van der Waals surface area contributed by atoms with Gasteiger partial charge in [0.2, 0.25) is 0 Å². The maximum absolute atomic E-state index is 12.0. The van der Waals surface area contributed by atoms with Gasteiger partial charge in [0.1, 0.15) is 30.1 Å². The Balaban J connectivity index is 2.39. The van der Waals surface area contributed by atoms with E-state index in [0.717, 1.165) is 0 Å². The van der Waals surface area contributed by atoms with E-state index in [1.807, 2.05) is 4.98 Å². The number of rotatable bonds is 4. The molecule has 0 amide bonds. The van der Waals surface area contributed by atoms with Gasteiger partial charge in [-0.1, -0.05) is 0 Å². The third-order valence-electron chi connectivity index (χ3n) is 3.48. The summed E-state index contributed by atoms with van der Waals surface area (Å²) < 4.78 is 20.8. The third kappa shape index (κ3) is 3.47. The van der Waals surface area contributed by atoms with Crippen LogP contribution in [0, 0.1) is 18.3 Å². The minimum absolute atomic E-state index is 0.0997. The smallest absolute Gasteiger partial charge is 0.387 e. The molecule has 24 heavy (non-hydrogen) atoms. The highest BCUT2D eigenvalue weighted by Gasteiger charge is 2.45. The van der Waals surface area contributed by atoms with Crippen LogP contribution in [0.15, 0.2) is 9.59 Å². The minimum atomic E-state index is -4.84. The molecule has 0 aromatic carbocycles. The summed E-state index contributed by atoms with van der Waals surface area (Å²) in [5.74, 6) is 0. The Morgan fingerprint density at radius 1 is 1.38 bits per heavy atom. The summed E-state index contributed by atoms with van der Waals surface area (Å²) in [7, 11) is -4.84. The first-order valence-corrected chi connectivity index (χ1v) is 8.07. The van der Waals surface area contributed by atoms with Crippen molar-refractivity contribution in [3.05, 3.63) is 32.1 Å². The first-order valence-electron chi connectivity index (χ1n) is 6.54. The Labute approximate surface area is 133 Å². The Bertz CT molecular complexity index is 835. The molecule has 4 atom stereocenters. The molecular formula is C11H14N3O9P. The fourth-order valence-corrected chi connectivity index (χ4v) is 2.61. The van der Waals surface area contributed by atoms with Crippen LogP contribution in [0.5, 0.6) is 0 Å². The number of aliphatic hydroxyl groups is 2. The SMILES string of the molecule is Cc1c(C#N)n([C@@H]2O[C@H](COP(=O)(O)O)[C@@H](O)[C@H]2O)c(=O)[nH]c1=O. The van der Waals surface area contributed by atoms with Gasteiger partial charge in [0.15, 0.2) is 6.23 Å². The fraction of sp³-hybridized carbons (Fsp3) is 0.545. The van der Waals surface area contributed by atoms with Crippen LogP contribution in [0.4, 0.5) is 0 Å². The van der Waals surface area contributed by atoms with Crippen LogP contribution in [0.2, 0.25) is 0 Å². The van der Waals surface area contributed by atoms with Gasteiger partial charge in [-0.05, 0) is 6.92 Å². The second-order valence-electron chi connectivity index (χ2n) is 5.05. The molecule has 0 aliphatic carbocycles. The standard InChI is InChI=1S/C11H14N3O9P/c1-4-5(2-12)14(11(18)13-9(4)17)10-8(16)7(15)6(23-10)3-22-24(19,20)21/h6-8,10,15-16H,3H2,1H3,(H,13,17,18)(H2,19,20,21)/t6-,7-,8-,10-/m1/s1. The number of phosphoric ester groups is 1. The van der Waals surface area contributed by atoms with Gasteiger partial charge >= 0.3 is 13.5 Å². The fourth-order valence-electron chi connectivity index (χ4n) is 2.27. The van der Waals surface area contributed by atoms with Gasteiger partial charge in [0.25, 0.3) is 5.56 Å². The van der Waals surface area contributed by atoms with Crippen molar-refractivity contribution in [2.75, 3.05) is 6.61 Å². The Kier molecular flexibility index (Phi) is 5.07. The Morgan fingerprint density at radius 3 is 2.54 bits per heavy atom. The van der Waals surface area contributed by atoms with Crippen LogP contribution in [0.3, 0.4) is 0 Å². The van der Waals surface area contributed by atoms with E-state index in [1.165, 1.54) is 6.92 Å². The monoisotopic (exact) mass is 363 g/mol. The summed E-state index contributed by atoms with van der Waals surface area (Å²) in [5.41, 5.74) is -2.31. The minimum Gasteiger partial charge on any atom is -0.387 e. The van der Waals surface area contributed by atoms with E-state index in [0.29, 0.717) is 4.57 Å². The molecule has 1 aliphatic rings. The summed E-state index contributed by atoms with van der Waals surface area (Å²) in [5, 5.41) is 29.1. The molecule has 0 spiro atoms. The maximum atomic E-state index is 12.0. The van der Waals surface area contributed by atoms with Gasteiger partial charge in [-0.25, -0.2) is 9.36 Å². The van der Waals surface area contributed by atoms with Crippen LogP contribution in [-0.2, 0) is 13.8 Å². The van der Waals surface area contributed by atoms with Crippen LogP contribution >= 0.6 is 7.82 Å². The third-order valence-corrected chi connectivity index (χ3v) is 3.97. The largest absolute Gasteiger partial charge is 0.469 e. The van der Waals surface area contributed by atoms with Crippen molar-refractivity contribution in [1.82, 2.24) is 9.55 Å². The van der Waals surface area contributed by atoms with Gasteiger partial charge in [-0.3, -0.25) is 18.9 Å². The highest BCUT2D eigenvalue weighted by Crippen LogP contribution is 2.38. The summed E-state index contributed by atoms with van der Waals surface area (Å²) in [6.45, 7) is 0.511. The van der Waals surface area contributed by atoms with Crippen molar-refractivity contribution in [3.63, 3.8) is 0 Å². The lowest BCUT2D eigenvalue weighted by Gasteiger charge is -2.19. The number of nitriles is 1. The van der Waals surface area contributed by atoms with E-state index in [2.05, 4.69) is 4.52 Å². The second kappa shape index (κ2) is 6.58. The highest BCUT2D eigenvalue weighted by atomic mass is 31.2. The van der Waals surface area contributed by atoms with E-state index in [9.17, 15) is 24.4 Å². The lowest BCUT2D eigenvalue weighted by atomic mass is 10.1. The number of aromatic nitrogens is 2. The molecule has 132 valence electrons. The predicted molar refractivity (Wildman–Crippen MR) is 74.7 cm³/mol. The first-order chi connectivity index (χ1) is 11.1. The molecule has 13 heteroatoms. The molecule has 0 unspecified atom stereocenters. The van der Waals surface area contributed by atoms with Crippen LogP contribution in [0.1, 0.15) is 17.5 Å². The molecule has 1 aliphatic heterocycles. The average molecular weight is 363 g/mol. The number of aliphatic hydroxyl groups excluding tert-OH is 2. The van der Waals surface area contributed by atoms with Crippen molar-refractivity contribution in [2.24, 2.45) is 0 Å². The summed E-state index contributed by atoms with van der Waals surface area (Å²) in [6.07, 6.45) is -6.27. The van der Waals surface area contributed by atoms with Crippen molar-refractivity contribution < 1.29 is 33.8 Å². The van der Waals surface area contributed by atoms with E-state index in [4.69, 9.17) is 19.8 Å². The summed E-state index contributed by atoms with van der Waals surface area (Å²) in [4.78, 5) is 42.7. The summed E-state index contributed by atoms with van der Waals surface area (Å²) >= 11 is 0. The number of phosphoric acid groups is 1. The number of nitrogens with zero attached hydrogens (tertiary/aromatic N) is 2. The van der Waals surface area contributed by atoms with Crippen LogP contribution in [0.25, 0.3) is 0 Å². The molecule has 0 saturated carbocycles. The average Bonchev–Trinajstić information content (AvgIpc) is 2.76. The molecule has 1 aromatic rings. The molecule has 1 saturated heterocycles. The van der Waals surface area contributed by atoms with Crippen molar-refractivity contribution in [1.29, 1.82) is 5.26 Å². The number of nitrogens with one attached hydrogen (secondary N) is 1. The molecule has 5 N–H and O–H groups in total. The maximum Gasteiger partial charge on any atom is 0.469 e. The molecule has 1 fully saturated rings. The Morgan fingerprint density at radius 2 is 2.00 bits per heavy atom. The first kappa shape index (κ1) is 18.5. The zero-order valence-corrected chi connectivity index (χ0v) is 13.1. The molecule has 12 nitrogen and oxygen atoms in total. The topological polar surface area (TPSA) is 195 Å². The van der Waals surface area contributed by atoms with Crippen molar-refractivity contribution >= 4 is 7.82 Å². The quantitative estimate of drug-likeness (QED) is 0.355. The normalized spacial score (nSPS) is 27.2. The lowest BCUT2D eigenvalue weighted by Crippen LogP contribution is -2.40. The van der Waals surface area contributed by atoms with Gasteiger partial charge < -0.3 is 24.7 Å². The van der Waals surface area contributed by atoms with Crippen molar-refractivity contribution in [3.8, 4) is 6.07 Å². The number of hydrogen-bond acceptors (Lipinski definition) is 8. The van der Waals surface area contributed by atoms with Crippen LogP contribution in [-0.4, -0.2) is 54.5 Å². The molecule has 2 rings (SSSR count). The van der Waals surface area contributed by atoms with Gasteiger partial charge in [-0.2, -0.15) is 5.26 Å². The Hall–Kier alpha value is -1.84. The zero-order chi connectivity index (χ0) is 18.2. The highest BCUT2D eigenvalue weighted by molar-refractivity contribution is 7.46. The van der Waals surface area contributed by atoms with E-state index in [-0.39, 0.29) is 11.3 Å². The number of hydrogen-bond donors (Lipinski definition) is 5. The zero-order valence-electron chi connectivity index (χ0n) is 12.2. The number of H-pyrrole nitrogens is 1. The molecule has 0 bridgehead atoms. The molecule has 0 radical (unpaired) electrons. The van der Waals surface area contributed by atoms with E-state index in [1.54, 1.807) is 6.07 Å².